The molecule has 0 radical (unpaired) electrons. The average Bonchev–Trinajstić information content (AvgIpc) is 2.67. The fourth-order valence-electron chi connectivity index (χ4n) is 2.92. The van der Waals surface area contributed by atoms with Crippen LogP contribution in [0.4, 0.5) is 11.5 Å². The summed E-state index contributed by atoms with van der Waals surface area (Å²) in [5.74, 6) is 0.469. The molecule has 27 heavy (non-hydrogen) atoms. The summed E-state index contributed by atoms with van der Waals surface area (Å²) in [7, 11) is 3.73. The van der Waals surface area contributed by atoms with E-state index in [4.69, 9.17) is 4.74 Å². The third kappa shape index (κ3) is 4.95. The Kier molecular flexibility index (Phi) is 6.28. The molecule has 144 valence electrons. The van der Waals surface area contributed by atoms with Crippen LogP contribution in [0.3, 0.4) is 0 Å². The molecule has 3 rings (SSSR count). The van der Waals surface area contributed by atoms with Crippen molar-refractivity contribution in [2.45, 2.75) is 25.9 Å². The quantitative estimate of drug-likeness (QED) is 0.753. The smallest absolute Gasteiger partial charge is 0.318 e. The summed E-state index contributed by atoms with van der Waals surface area (Å²) < 4.78 is 6.70. The molecule has 7 nitrogen and oxygen atoms in total. The van der Waals surface area contributed by atoms with Gasteiger partial charge in [-0.2, -0.15) is 4.98 Å². The van der Waals surface area contributed by atoms with Gasteiger partial charge in [0, 0.05) is 31.4 Å². The molecule has 0 bridgehead atoms. The van der Waals surface area contributed by atoms with Gasteiger partial charge in [0.25, 0.3) is 5.91 Å². The van der Waals surface area contributed by atoms with Gasteiger partial charge in [0.05, 0.1) is 10.7 Å². The van der Waals surface area contributed by atoms with Crippen LogP contribution in [0.5, 0.6) is 6.01 Å². The van der Waals surface area contributed by atoms with Crippen molar-refractivity contribution in [3.63, 3.8) is 0 Å². The Morgan fingerprint density at radius 2 is 2.07 bits per heavy atom. The Bertz CT molecular complexity index is 822. The Morgan fingerprint density at radius 1 is 1.33 bits per heavy atom. The van der Waals surface area contributed by atoms with E-state index in [1.165, 1.54) is 0 Å². The zero-order valence-electron chi connectivity index (χ0n) is 15.8. The zero-order chi connectivity index (χ0) is 19.4. The van der Waals surface area contributed by atoms with Crippen LogP contribution in [-0.4, -0.2) is 54.1 Å². The molecule has 0 aliphatic carbocycles. The lowest BCUT2D eigenvalue weighted by atomic mass is 10.1. The summed E-state index contributed by atoms with van der Waals surface area (Å²) in [5, 5.41) is 5.91. The first kappa shape index (κ1) is 19.6. The van der Waals surface area contributed by atoms with Gasteiger partial charge in [-0.3, -0.25) is 4.79 Å². The Labute approximate surface area is 167 Å². The minimum atomic E-state index is -0.133. The van der Waals surface area contributed by atoms with Gasteiger partial charge in [-0.15, -0.1) is 0 Å². The molecule has 0 atom stereocenters. The van der Waals surface area contributed by atoms with E-state index in [1.54, 1.807) is 25.4 Å². The first-order valence-corrected chi connectivity index (χ1v) is 9.73. The number of piperidine rings is 1. The predicted molar refractivity (Wildman–Crippen MR) is 109 cm³/mol. The van der Waals surface area contributed by atoms with Gasteiger partial charge in [0.1, 0.15) is 6.10 Å². The molecule has 1 aliphatic rings. The van der Waals surface area contributed by atoms with Crippen molar-refractivity contribution in [2.75, 3.05) is 32.5 Å². The second-order valence-electron chi connectivity index (χ2n) is 6.70. The van der Waals surface area contributed by atoms with E-state index >= 15 is 0 Å². The number of carbonyl (C=O) groups is 1. The number of nitrogens with one attached hydrogen (secondary N) is 2. The van der Waals surface area contributed by atoms with Gasteiger partial charge >= 0.3 is 6.01 Å². The third-order valence-corrected chi connectivity index (χ3v) is 5.22. The van der Waals surface area contributed by atoms with Gasteiger partial charge in [-0.1, -0.05) is 6.07 Å². The molecule has 1 saturated heterocycles. The number of aryl methyl sites for hydroxylation is 1. The number of rotatable bonds is 5. The highest BCUT2D eigenvalue weighted by atomic mass is 79.9. The SMILES string of the molecule is CNC(=O)c1ccc(C)c(Nc2nc(OC3CCN(C)CC3)ncc2Br)c1. The molecule has 1 fully saturated rings. The fourth-order valence-corrected chi connectivity index (χ4v) is 3.21. The van der Waals surface area contributed by atoms with Crippen molar-refractivity contribution in [1.29, 1.82) is 0 Å². The number of carbonyl (C=O) groups excluding carboxylic acids is 1. The van der Waals surface area contributed by atoms with E-state index in [9.17, 15) is 4.79 Å². The standard InChI is InChI=1S/C19H24BrN5O2/c1-12-4-5-13(18(26)21-2)10-16(12)23-17-15(20)11-22-19(24-17)27-14-6-8-25(3)9-7-14/h4-5,10-11,14H,6-9H2,1-3H3,(H,21,26)(H,22,23,24). The number of aromatic nitrogens is 2. The minimum Gasteiger partial charge on any atom is -0.460 e. The van der Waals surface area contributed by atoms with Crippen molar-refractivity contribution in [1.82, 2.24) is 20.2 Å². The highest BCUT2D eigenvalue weighted by molar-refractivity contribution is 9.10. The molecule has 8 heteroatoms. The Hall–Kier alpha value is -2.19. The molecule has 0 unspecified atom stereocenters. The predicted octanol–water partition coefficient (Wildman–Crippen LogP) is 3.12. The van der Waals surface area contributed by atoms with Crippen LogP contribution in [0, 0.1) is 6.92 Å². The van der Waals surface area contributed by atoms with Gasteiger partial charge < -0.3 is 20.3 Å². The highest BCUT2D eigenvalue weighted by Gasteiger charge is 2.19. The lowest BCUT2D eigenvalue weighted by Gasteiger charge is -2.28. The largest absolute Gasteiger partial charge is 0.460 e. The number of likely N-dealkylation sites (tertiary alicyclic amines) is 1. The Morgan fingerprint density at radius 3 is 2.78 bits per heavy atom. The van der Waals surface area contributed by atoms with Crippen LogP contribution in [0.2, 0.25) is 0 Å². The summed E-state index contributed by atoms with van der Waals surface area (Å²) in [5.41, 5.74) is 2.39. The van der Waals surface area contributed by atoms with Gasteiger partial charge in [0.15, 0.2) is 5.82 Å². The summed E-state index contributed by atoms with van der Waals surface area (Å²) in [6.45, 7) is 4.00. The van der Waals surface area contributed by atoms with Crippen molar-refractivity contribution in [3.05, 3.63) is 40.0 Å². The first-order chi connectivity index (χ1) is 13.0. The van der Waals surface area contributed by atoms with Gasteiger partial charge in [-0.25, -0.2) is 4.98 Å². The van der Waals surface area contributed by atoms with Crippen LogP contribution >= 0.6 is 15.9 Å². The van der Waals surface area contributed by atoms with Crippen molar-refractivity contribution in [3.8, 4) is 6.01 Å². The van der Waals surface area contributed by atoms with Crippen LogP contribution in [0.25, 0.3) is 0 Å². The summed E-state index contributed by atoms with van der Waals surface area (Å²) in [4.78, 5) is 23.0. The monoisotopic (exact) mass is 433 g/mol. The molecule has 1 aliphatic heterocycles. The fraction of sp³-hybridized carbons (Fsp3) is 0.421. The molecule has 1 amide bonds. The van der Waals surface area contributed by atoms with Crippen LogP contribution in [0.15, 0.2) is 28.9 Å². The number of nitrogens with zero attached hydrogens (tertiary/aromatic N) is 3. The van der Waals surface area contributed by atoms with E-state index in [-0.39, 0.29) is 12.0 Å². The zero-order valence-corrected chi connectivity index (χ0v) is 17.3. The van der Waals surface area contributed by atoms with Crippen molar-refractivity contribution < 1.29 is 9.53 Å². The number of hydrogen-bond acceptors (Lipinski definition) is 6. The Balaban J connectivity index is 1.78. The molecule has 1 aromatic heterocycles. The van der Waals surface area contributed by atoms with Crippen LogP contribution < -0.4 is 15.4 Å². The molecular weight excluding hydrogens is 410 g/mol. The maximum Gasteiger partial charge on any atom is 0.318 e. The van der Waals surface area contributed by atoms with E-state index < -0.39 is 0 Å². The van der Waals surface area contributed by atoms with E-state index in [2.05, 4.69) is 48.5 Å². The van der Waals surface area contributed by atoms with Crippen LogP contribution in [0.1, 0.15) is 28.8 Å². The second-order valence-corrected chi connectivity index (χ2v) is 7.56. The summed E-state index contributed by atoms with van der Waals surface area (Å²) >= 11 is 3.48. The molecule has 2 N–H and O–H groups in total. The van der Waals surface area contributed by atoms with E-state index in [0.29, 0.717) is 17.4 Å². The topological polar surface area (TPSA) is 79.4 Å². The lowest BCUT2D eigenvalue weighted by molar-refractivity contribution is 0.0963. The van der Waals surface area contributed by atoms with Crippen molar-refractivity contribution in [2.24, 2.45) is 0 Å². The number of hydrogen-bond donors (Lipinski definition) is 2. The second kappa shape index (κ2) is 8.67. The molecule has 1 aromatic carbocycles. The van der Waals surface area contributed by atoms with E-state index in [0.717, 1.165) is 41.7 Å². The van der Waals surface area contributed by atoms with Crippen molar-refractivity contribution >= 4 is 33.3 Å². The van der Waals surface area contributed by atoms with Gasteiger partial charge in [0.2, 0.25) is 0 Å². The first-order valence-electron chi connectivity index (χ1n) is 8.93. The molecular formula is C19H24BrN5O2. The molecule has 0 saturated carbocycles. The van der Waals surface area contributed by atoms with Crippen LogP contribution in [-0.2, 0) is 0 Å². The van der Waals surface area contributed by atoms with E-state index in [1.807, 2.05) is 13.0 Å². The number of anilines is 2. The highest BCUT2D eigenvalue weighted by Crippen LogP contribution is 2.28. The number of halogens is 1. The summed E-state index contributed by atoms with van der Waals surface area (Å²) in [6, 6.07) is 5.86. The lowest BCUT2D eigenvalue weighted by Crippen LogP contribution is -2.35. The maximum absolute atomic E-state index is 11.9. The average molecular weight is 434 g/mol. The normalized spacial score (nSPS) is 15.4. The molecule has 2 aromatic rings. The number of amides is 1. The number of ether oxygens (including phenoxy) is 1. The maximum atomic E-state index is 11.9. The minimum absolute atomic E-state index is 0.133. The molecule has 2 heterocycles. The number of benzene rings is 1. The van der Waals surface area contributed by atoms with Gasteiger partial charge in [-0.05, 0) is 60.4 Å². The molecule has 0 spiro atoms. The summed E-state index contributed by atoms with van der Waals surface area (Å²) in [6.07, 6.45) is 3.74. The third-order valence-electron chi connectivity index (χ3n) is 4.64.